The fraction of sp³-hybridized carbons (Fsp3) is 0.636. The molecule has 0 aliphatic rings. The Labute approximate surface area is 86.2 Å². The molecule has 13 heavy (non-hydrogen) atoms. The molecule has 0 rings (SSSR count). The van der Waals surface area contributed by atoms with E-state index in [9.17, 15) is 0 Å². The van der Waals surface area contributed by atoms with Crippen LogP contribution in [0.5, 0.6) is 0 Å². The molecule has 0 aromatic carbocycles. The number of hydrogen-bond donors (Lipinski definition) is 0. The first-order valence-corrected chi connectivity index (χ1v) is 5.74. The number of hydrogen-bond acceptors (Lipinski definition) is 2. The first kappa shape index (κ1) is 12.6. The Morgan fingerprint density at radius 1 is 1.46 bits per heavy atom. The maximum atomic E-state index is 4.98. The van der Waals surface area contributed by atoms with Crippen LogP contribution in [0.15, 0.2) is 24.5 Å². The van der Waals surface area contributed by atoms with Crippen molar-refractivity contribution in [3.8, 4) is 0 Å². The highest BCUT2D eigenvalue weighted by Gasteiger charge is 2.05. The molecule has 1 nitrogen and oxygen atoms in total. The molecule has 0 saturated heterocycles. The summed E-state index contributed by atoms with van der Waals surface area (Å²) in [5.74, 6) is 3.44. The fourth-order valence-corrected chi connectivity index (χ4v) is 1.93. The quantitative estimate of drug-likeness (QED) is 0.459. The summed E-state index contributed by atoms with van der Waals surface area (Å²) >= 11 is 1.85. The van der Waals surface area contributed by atoms with Crippen LogP contribution in [0.25, 0.3) is 0 Å². The molecule has 0 fully saturated rings. The minimum Gasteiger partial charge on any atom is -0.501 e. The van der Waals surface area contributed by atoms with Gasteiger partial charge in [0.15, 0.2) is 0 Å². The van der Waals surface area contributed by atoms with Crippen LogP contribution in [0.2, 0.25) is 0 Å². The first-order valence-electron chi connectivity index (χ1n) is 4.59. The lowest BCUT2D eigenvalue weighted by molar-refractivity contribution is 0.298. The number of thioether (sulfide) groups is 1. The third-order valence-electron chi connectivity index (χ3n) is 2.07. The molecular weight excluding hydrogens is 180 g/mol. The van der Waals surface area contributed by atoms with Gasteiger partial charge in [-0.15, -0.1) is 0 Å². The molecule has 0 aliphatic carbocycles. The van der Waals surface area contributed by atoms with Crippen LogP contribution in [0.4, 0.5) is 0 Å². The van der Waals surface area contributed by atoms with Crippen LogP contribution in [0.1, 0.15) is 20.3 Å². The van der Waals surface area contributed by atoms with Gasteiger partial charge in [-0.3, -0.25) is 0 Å². The predicted molar refractivity (Wildman–Crippen MR) is 62.1 cm³/mol. The largest absolute Gasteiger partial charge is 0.501 e. The smallest absolute Gasteiger partial charge is 0.0982 e. The van der Waals surface area contributed by atoms with E-state index in [-0.39, 0.29) is 0 Å². The molecule has 0 N–H and O–H groups in total. The highest BCUT2D eigenvalue weighted by Crippen LogP contribution is 2.18. The van der Waals surface area contributed by atoms with Crippen molar-refractivity contribution in [2.24, 2.45) is 5.92 Å². The molecule has 1 atom stereocenters. The second kappa shape index (κ2) is 7.07. The second-order valence-corrected chi connectivity index (χ2v) is 4.20. The van der Waals surface area contributed by atoms with Crippen molar-refractivity contribution >= 4 is 11.8 Å². The maximum absolute atomic E-state index is 4.98. The molecule has 0 saturated carbocycles. The molecule has 0 bridgehead atoms. The van der Waals surface area contributed by atoms with E-state index in [0.717, 1.165) is 23.7 Å². The Morgan fingerprint density at radius 3 is 2.54 bits per heavy atom. The summed E-state index contributed by atoms with van der Waals surface area (Å²) < 4.78 is 4.98. The average molecular weight is 200 g/mol. The van der Waals surface area contributed by atoms with Gasteiger partial charge in [-0.05, 0) is 18.1 Å². The lowest BCUT2D eigenvalue weighted by Crippen LogP contribution is -2.02. The molecule has 0 spiro atoms. The van der Waals surface area contributed by atoms with Gasteiger partial charge in [-0.2, -0.15) is 11.8 Å². The van der Waals surface area contributed by atoms with Crippen LogP contribution >= 0.6 is 11.8 Å². The van der Waals surface area contributed by atoms with Crippen molar-refractivity contribution in [3.63, 3.8) is 0 Å². The van der Waals surface area contributed by atoms with E-state index in [1.165, 1.54) is 5.57 Å². The lowest BCUT2D eigenvalue weighted by atomic mass is 10.0. The van der Waals surface area contributed by atoms with Crippen molar-refractivity contribution < 1.29 is 4.74 Å². The Bertz CT molecular complexity index is 175. The van der Waals surface area contributed by atoms with Gasteiger partial charge < -0.3 is 4.74 Å². The standard InChI is InChI=1S/C11H20OS/c1-6-9(2)10(3)7-13-8-11(4)12-5/h10H,2,4,6-8H2,1,3,5H3. The summed E-state index contributed by atoms with van der Waals surface area (Å²) in [5, 5.41) is 0. The molecule has 0 aromatic heterocycles. The summed E-state index contributed by atoms with van der Waals surface area (Å²) in [5.41, 5.74) is 1.33. The normalized spacial score (nSPS) is 12.2. The van der Waals surface area contributed by atoms with E-state index in [1.54, 1.807) is 7.11 Å². The Morgan fingerprint density at radius 2 is 2.08 bits per heavy atom. The van der Waals surface area contributed by atoms with Crippen molar-refractivity contribution in [3.05, 3.63) is 24.5 Å². The Balaban J connectivity index is 3.53. The van der Waals surface area contributed by atoms with E-state index in [0.29, 0.717) is 5.92 Å². The van der Waals surface area contributed by atoms with Gasteiger partial charge >= 0.3 is 0 Å². The minimum atomic E-state index is 0.597. The molecule has 0 aromatic rings. The molecule has 0 radical (unpaired) electrons. The predicted octanol–water partition coefficient (Wildman–Crippen LogP) is 3.48. The summed E-state index contributed by atoms with van der Waals surface area (Å²) in [7, 11) is 1.66. The molecule has 2 heteroatoms. The molecule has 0 aliphatic heterocycles. The van der Waals surface area contributed by atoms with Gasteiger partial charge in [0.05, 0.1) is 18.6 Å². The summed E-state index contributed by atoms with van der Waals surface area (Å²) in [6, 6.07) is 0. The number of methoxy groups -OCH3 is 1. The SMILES string of the molecule is C=C(CSCC(C)C(=C)CC)OC. The zero-order chi connectivity index (χ0) is 10.3. The molecule has 1 unspecified atom stereocenters. The highest BCUT2D eigenvalue weighted by atomic mass is 32.2. The first-order chi connectivity index (χ1) is 6.11. The van der Waals surface area contributed by atoms with Crippen molar-refractivity contribution in [1.29, 1.82) is 0 Å². The second-order valence-electron chi connectivity index (χ2n) is 3.17. The van der Waals surface area contributed by atoms with Crippen LogP contribution in [0, 0.1) is 5.92 Å². The Kier molecular flexibility index (Phi) is 6.87. The molecular formula is C11H20OS. The summed E-state index contributed by atoms with van der Waals surface area (Å²) in [4.78, 5) is 0. The summed E-state index contributed by atoms with van der Waals surface area (Å²) in [6.07, 6.45) is 1.08. The van der Waals surface area contributed by atoms with Gasteiger partial charge in [-0.25, -0.2) is 0 Å². The van der Waals surface area contributed by atoms with Crippen molar-refractivity contribution in [1.82, 2.24) is 0 Å². The van der Waals surface area contributed by atoms with Crippen LogP contribution in [-0.2, 0) is 4.74 Å². The number of ether oxygens (including phenoxy) is 1. The van der Waals surface area contributed by atoms with Crippen LogP contribution < -0.4 is 0 Å². The van der Waals surface area contributed by atoms with E-state index in [1.807, 2.05) is 11.8 Å². The molecule has 76 valence electrons. The molecule has 0 heterocycles. The van der Waals surface area contributed by atoms with Crippen LogP contribution in [-0.4, -0.2) is 18.6 Å². The van der Waals surface area contributed by atoms with Gasteiger partial charge in [-0.1, -0.05) is 32.6 Å². The molecule has 0 amide bonds. The van der Waals surface area contributed by atoms with Gasteiger partial charge in [0.1, 0.15) is 0 Å². The zero-order valence-corrected chi connectivity index (χ0v) is 9.75. The van der Waals surface area contributed by atoms with Gasteiger partial charge in [0.25, 0.3) is 0 Å². The van der Waals surface area contributed by atoms with Gasteiger partial charge in [0, 0.05) is 0 Å². The summed E-state index contributed by atoms with van der Waals surface area (Å²) in [6.45, 7) is 12.2. The van der Waals surface area contributed by atoms with Crippen molar-refractivity contribution in [2.75, 3.05) is 18.6 Å². The third-order valence-corrected chi connectivity index (χ3v) is 3.33. The van der Waals surface area contributed by atoms with Gasteiger partial charge in [0.2, 0.25) is 0 Å². The van der Waals surface area contributed by atoms with E-state index in [4.69, 9.17) is 4.74 Å². The minimum absolute atomic E-state index is 0.597. The topological polar surface area (TPSA) is 9.23 Å². The zero-order valence-electron chi connectivity index (χ0n) is 8.93. The highest BCUT2D eigenvalue weighted by molar-refractivity contribution is 7.99. The maximum Gasteiger partial charge on any atom is 0.0982 e. The fourth-order valence-electron chi connectivity index (χ4n) is 0.875. The average Bonchev–Trinajstić information content (AvgIpc) is 2.15. The van der Waals surface area contributed by atoms with E-state index < -0.39 is 0 Å². The number of allylic oxidation sites excluding steroid dienone is 1. The third kappa shape index (κ3) is 5.81. The lowest BCUT2D eigenvalue weighted by Gasteiger charge is -2.12. The Hall–Kier alpha value is -0.370. The van der Waals surface area contributed by atoms with E-state index >= 15 is 0 Å². The van der Waals surface area contributed by atoms with E-state index in [2.05, 4.69) is 27.0 Å². The van der Waals surface area contributed by atoms with Crippen LogP contribution in [0.3, 0.4) is 0 Å². The monoisotopic (exact) mass is 200 g/mol. The number of rotatable bonds is 7. The van der Waals surface area contributed by atoms with Crippen molar-refractivity contribution in [2.45, 2.75) is 20.3 Å².